The van der Waals surface area contributed by atoms with Crippen LogP contribution in [-0.2, 0) is 23.9 Å². The summed E-state index contributed by atoms with van der Waals surface area (Å²) in [6.45, 7) is 5.60. The van der Waals surface area contributed by atoms with Crippen LogP contribution in [0.15, 0.2) is 36.6 Å². The van der Waals surface area contributed by atoms with Crippen molar-refractivity contribution < 1.29 is 58.6 Å². The zero-order chi connectivity index (χ0) is 21.4. The van der Waals surface area contributed by atoms with Crippen molar-refractivity contribution in [2.45, 2.75) is 71.8 Å². The number of allylic oxidation sites excluding steroid dienone is 3. The van der Waals surface area contributed by atoms with Crippen molar-refractivity contribution in [1.82, 2.24) is 4.90 Å². The number of unbranched alkanes of at least 4 members (excludes halogenated alkanes) is 4. The molecule has 1 unspecified atom stereocenters. The Hall–Kier alpha value is -1.70. The van der Waals surface area contributed by atoms with Crippen LogP contribution in [0.3, 0.4) is 0 Å². The van der Waals surface area contributed by atoms with Crippen LogP contribution in [0.25, 0.3) is 0 Å². The van der Waals surface area contributed by atoms with Gasteiger partial charge in [-0.3, -0.25) is 14.5 Å². The van der Waals surface area contributed by atoms with E-state index < -0.39 is 36.2 Å². The third-order valence-electron chi connectivity index (χ3n) is 3.71. The summed E-state index contributed by atoms with van der Waals surface area (Å²) >= 11 is 0. The minimum Gasteiger partial charge on any atom is -0.550 e. The predicted molar refractivity (Wildman–Crippen MR) is 104 cm³/mol. The number of carboxylic acid groups (broad SMARTS) is 1. The first-order valence-corrected chi connectivity index (χ1v) is 9.60. The van der Waals surface area contributed by atoms with Gasteiger partial charge in [0, 0.05) is 12.4 Å². The molecule has 0 radical (unpaired) electrons. The Kier molecular flexibility index (Phi) is 18.7. The van der Waals surface area contributed by atoms with Gasteiger partial charge in [0.25, 0.3) is 11.8 Å². The van der Waals surface area contributed by atoms with E-state index in [-0.39, 0.29) is 29.6 Å². The number of nitrogens with zero attached hydrogens (tertiary/aromatic N) is 1. The molecule has 0 rings (SSSR count). The third-order valence-corrected chi connectivity index (χ3v) is 3.71. The Bertz CT molecular complexity index is 582. The van der Waals surface area contributed by atoms with Crippen LogP contribution in [-0.4, -0.2) is 34.7 Å². The van der Waals surface area contributed by atoms with Crippen LogP contribution in [0.5, 0.6) is 0 Å². The Morgan fingerprint density at radius 3 is 1.83 bits per heavy atom. The molecule has 29 heavy (non-hydrogen) atoms. The number of esters is 1. The number of ether oxygens (including phenoxy) is 1. The van der Waals surface area contributed by atoms with Crippen molar-refractivity contribution in [2.24, 2.45) is 0 Å². The van der Waals surface area contributed by atoms with Crippen molar-refractivity contribution in [3.63, 3.8) is 0 Å². The summed E-state index contributed by atoms with van der Waals surface area (Å²) in [4.78, 5) is 49.2. The fourth-order valence-corrected chi connectivity index (χ4v) is 2.24. The summed E-state index contributed by atoms with van der Waals surface area (Å²) in [5, 5.41) is 11.1. The largest absolute Gasteiger partial charge is 1.00 e. The van der Waals surface area contributed by atoms with Gasteiger partial charge in [0.2, 0.25) is 0 Å². The molecule has 2 amide bonds. The zero-order valence-electron chi connectivity index (χ0n) is 17.9. The maximum Gasteiger partial charge on any atom is 1.00 e. The Labute approximate surface area is 195 Å². The molecule has 0 spiro atoms. The predicted octanol–water partition coefficient (Wildman–Crippen LogP) is -0.576. The maximum atomic E-state index is 12.6. The quantitative estimate of drug-likeness (QED) is 0.131. The molecule has 0 aliphatic heterocycles. The monoisotopic (exact) mass is 415 g/mol. The van der Waals surface area contributed by atoms with Gasteiger partial charge in [-0.25, -0.2) is 4.79 Å². The van der Waals surface area contributed by atoms with E-state index in [1.165, 1.54) is 18.2 Å². The molecule has 0 fully saturated rings. The van der Waals surface area contributed by atoms with E-state index in [2.05, 4.69) is 0 Å². The molecule has 156 valence electrons. The second kappa shape index (κ2) is 18.3. The van der Waals surface area contributed by atoms with E-state index in [0.717, 1.165) is 31.9 Å². The summed E-state index contributed by atoms with van der Waals surface area (Å²) in [6, 6.07) is -1.62. The van der Waals surface area contributed by atoms with Gasteiger partial charge in [0.15, 0.2) is 0 Å². The number of hydrogen-bond acceptors (Lipinski definition) is 6. The molecule has 1 atom stereocenters. The summed E-state index contributed by atoms with van der Waals surface area (Å²) in [7, 11) is 0. The van der Waals surface area contributed by atoms with E-state index in [4.69, 9.17) is 4.74 Å². The zero-order valence-corrected chi connectivity index (χ0v) is 19.9. The van der Waals surface area contributed by atoms with E-state index >= 15 is 0 Å². The normalized spacial score (nSPS) is 12.1. The molecule has 0 aliphatic carbocycles. The first-order chi connectivity index (χ1) is 13.4. The first-order valence-electron chi connectivity index (χ1n) is 9.60. The molecule has 0 aromatic carbocycles. The number of hydrogen-bond donors (Lipinski definition) is 0. The molecule has 8 heteroatoms. The van der Waals surface area contributed by atoms with Gasteiger partial charge in [-0.15, -0.1) is 0 Å². The number of rotatable bonds is 13. The number of imide groups is 1. The van der Waals surface area contributed by atoms with Gasteiger partial charge in [0.05, 0.1) is 6.26 Å². The number of carboxylic acids is 1. The van der Waals surface area contributed by atoms with Crippen molar-refractivity contribution in [3.05, 3.63) is 36.6 Å². The molecule has 0 N–H and O–H groups in total. The molecule has 0 bridgehead atoms. The molecule has 0 aromatic rings. The third kappa shape index (κ3) is 13.2. The van der Waals surface area contributed by atoms with E-state index in [9.17, 15) is 24.3 Å². The van der Waals surface area contributed by atoms with Crippen molar-refractivity contribution in [3.8, 4) is 0 Å². The summed E-state index contributed by atoms with van der Waals surface area (Å²) in [5.41, 5.74) is 0. The Balaban J connectivity index is 0. The average molecular weight is 415 g/mol. The molecule has 7 nitrogen and oxygen atoms in total. The molecule has 0 aliphatic rings. The number of carbonyl (C=O) groups is 4. The fourth-order valence-electron chi connectivity index (χ4n) is 2.24. The van der Waals surface area contributed by atoms with Gasteiger partial charge >= 0.3 is 35.5 Å². The smallest absolute Gasteiger partial charge is 0.550 e. The standard InChI is InChI=1S/C21H31NO6.Na/c1-4-7-9-11-13-18(23)22(19(24)14-12-10-8-5-2)17(16-20(25)26)21(27)28-15-6-3;/h6,11-15,17H,4-5,7-10,16H2,1-3H3,(H,25,26);/q;+1/p-1/b13-11+,14-12+,15-6+;. The molecule has 0 saturated carbocycles. The van der Waals surface area contributed by atoms with E-state index in [1.807, 2.05) is 13.8 Å². The molecule has 0 heterocycles. The molecular weight excluding hydrogens is 385 g/mol. The first kappa shape index (κ1) is 29.5. The summed E-state index contributed by atoms with van der Waals surface area (Å²) in [5.74, 6) is -4.14. The number of aliphatic carboxylic acids is 1. The van der Waals surface area contributed by atoms with Crippen molar-refractivity contribution >= 4 is 23.8 Å². The van der Waals surface area contributed by atoms with Crippen LogP contribution in [0.4, 0.5) is 0 Å². The topological polar surface area (TPSA) is 104 Å². The number of carbonyl (C=O) groups excluding carboxylic acids is 4. The molecule has 0 saturated heterocycles. The number of amides is 2. The Morgan fingerprint density at radius 1 is 0.966 bits per heavy atom. The fraction of sp³-hybridized carbons (Fsp3) is 0.524. The van der Waals surface area contributed by atoms with Gasteiger partial charge in [-0.2, -0.15) is 0 Å². The second-order valence-electron chi connectivity index (χ2n) is 6.13. The minimum absolute atomic E-state index is 0. The SMILES string of the molecule is C/C=C/OC(=O)C(CC(=O)[O-])N(C(=O)/C=C/CCCC)C(=O)/C=C/CCCC.[Na+]. The van der Waals surface area contributed by atoms with Crippen LogP contribution in [0.1, 0.15) is 65.7 Å². The summed E-state index contributed by atoms with van der Waals surface area (Å²) < 4.78 is 4.82. The van der Waals surface area contributed by atoms with Gasteiger partial charge in [-0.05, 0) is 31.9 Å². The van der Waals surface area contributed by atoms with Gasteiger partial charge in [0.1, 0.15) is 6.04 Å². The van der Waals surface area contributed by atoms with Gasteiger partial charge in [-0.1, -0.05) is 57.8 Å². The van der Waals surface area contributed by atoms with Crippen molar-refractivity contribution in [2.75, 3.05) is 0 Å². The van der Waals surface area contributed by atoms with Crippen LogP contribution in [0.2, 0.25) is 0 Å². The summed E-state index contributed by atoms with van der Waals surface area (Å²) in [6.07, 6.45) is 12.0. The van der Waals surface area contributed by atoms with Crippen molar-refractivity contribution in [1.29, 1.82) is 0 Å². The maximum absolute atomic E-state index is 12.6. The van der Waals surface area contributed by atoms with Gasteiger partial charge < -0.3 is 14.6 Å². The minimum atomic E-state index is -1.62. The second-order valence-corrected chi connectivity index (χ2v) is 6.13. The van der Waals surface area contributed by atoms with Crippen LogP contribution < -0.4 is 34.7 Å². The molecular formula is C21H30NNaO6. The van der Waals surface area contributed by atoms with Crippen LogP contribution in [0, 0.1) is 0 Å². The van der Waals surface area contributed by atoms with E-state index in [0.29, 0.717) is 17.7 Å². The Morgan fingerprint density at radius 2 is 1.45 bits per heavy atom. The average Bonchev–Trinajstić information content (AvgIpc) is 2.65. The van der Waals surface area contributed by atoms with E-state index in [1.54, 1.807) is 19.1 Å². The molecule has 0 aromatic heterocycles. The van der Waals surface area contributed by atoms with Crippen LogP contribution >= 0.6 is 0 Å².